The van der Waals surface area contributed by atoms with Gasteiger partial charge in [-0.15, -0.1) is 0 Å². The third-order valence-corrected chi connectivity index (χ3v) is 7.90. The smallest absolute Gasteiger partial charge is 0.259 e. The molecule has 1 spiro atoms. The van der Waals surface area contributed by atoms with Crippen molar-refractivity contribution in [3.63, 3.8) is 0 Å². The maximum Gasteiger partial charge on any atom is 0.259 e. The summed E-state index contributed by atoms with van der Waals surface area (Å²) in [4.78, 5) is 43.3. The standard InChI is InChI=1S/C24H21ClFN7O2/c1-33-7-4-12-15(22(33)35)19(32-23(25)29-12)31-20-16(26)13-10(8-27-20)2-3-11-14-18(30-17(11)13)24(5-6-24)9-28-21(14)34/h8,30H,2-7,9H2,1H3,(H,28,34)(H,27,29,31,32). The Morgan fingerprint density at radius 1 is 1.11 bits per heavy atom. The molecule has 11 heteroatoms. The van der Waals surface area contributed by atoms with Gasteiger partial charge in [-0.1, -0.05) is 0 Å². The van der Waals surface area contributed by atoms with Crippen LogP contribution in [0.2, 0.25) is 5.28 Å². The number of anilines is 2. The molecule has 1 saturated carbocycles. The van der Waals surface area contributed by atoms with Gasteiger partial charge in [0.25, 0.3) is 11.8 Å². The summed E-state index contributed by atoms with van der Waals surface area (Å²) in [6.45, 7) is 1.12. The molecule has 4 aliphatic rings. The largest absolute Gasteiger partial charge is 0.357 e. The van der Waals surface area contributed by atoms with Crippen LogP contribution in [0.15, 0.2) is 6.20 Å². The third-order valence-electron chi connectivity index (χ3n) is 7.73. The van der Waals surface area contributed by atoms with E-state index in [-0.39, 0.29) is 39.7 Å². The van der Waals surface area contributed by atoms with Crippen molar-refractivity contribution in [2.45, 2.75) is 37.5 Å². The lowest BCUT2D eigenvalue weighted by Gasteiger charge is -2.26. The van der Waals surface area contributed by atoms with E-state index in [1.165, 1.54) is 0 Å². The monoisotopic (exact) mass is 493 g/mol. The van der Waals surface area contributed by atoms with Crippen molar-refractivity contribution in [1.29, 1.82) is 0 Å². The number of nitrogens with zero attached hydrogens (tertiary/aromatic N) is 4. The Hall–Kier alpha value is -3.53. The molecule has 2 aliphatic carbocycles. The first-order valence-corrected chi connectivity index (χ1v) is 12.0. The third kappa shape index (κ3) is 2.89. The van der Waals surface area contributed by atoms with Crippen LogP contribution in [0.1, 0.15) is 56.1 Å². The number of halogens is 2. The molecule has 1 fully saturated rings. The summed E-state index contributed by atoms with van der Waals surface area (Å²) in [7, 11) is 1.69. The fraction of sp³-hybridized carbons (Fsp3) is 0.375. The van der Waals surface area contributed by atoms with Crippen LogP contribution < -0.4 is 10.6 Å². The van der Waals surface area contributed by atoms with Crippen LogP contribution in [0, 0.1) is 5.82 Å². The predicted molar refractivity (Wildman–Crippen MR) is 126 cm³/mol. The maximum absolute atomic E-state index is 16.1. The molecule has 178 valence electrons. The number of nitrogens with one attached hydrogen (secondary N) is 3. The van der Waals surface area contributed by atoms with Gasteiger partial charge in [-0.2, -0.15) is 4.98 Å². The molecular formula is C24H21ClFN7O2. The molecule has 2 amide bonds. The number of carbonyl (C=O) groups excluding carboxylic acids is 2. The first kappa shape index (κ1) is 20.8. The fourth-order valence-corrected chi connectivity index (χ4v) is 5.82. The van der Waals surface area contributed by atoms with Crippen molar-refractivity contribution < 1.29 is 14.0 Å². The van der Waals surface area contributed by atoms with Gasteiger partial charge in [-0.25, -0.2) is 14.4 Å². The molecule has 3 aromatic rings. The van der Waals surface area contributed by atoms with Crippen LogP contribution in [0.3, 0.4) is 0 Å². The van der Waals surface area contributed by atoms with E-state index in [9.17, 15) is 9.59 Å². The van der Waals surface area contributed by atoms with Crippen LogP contribution in [0.25, 0.3) is 11.3 Å². The average Bonchev–Trinajstić information content (AvgIpc) is 3.50. The van der Waals surface area contributed by atoms with E-state index in [4.69, 9.17) is 11.6 Å². The lowest BCUT2D eigenvalue weighted by atomic mass is 9.86. The maximum atomic E-state index is 16.1. The number of fused-ring (bicyclic) bond motifs is 7. The first-order valence-electron chi connectivity index (χ1n) is 11.7. The highest BCUT2D eigenvalue weighted by molar-refractivity contribution is 6.28. The Morgan fingerprint density at radius 3 is 2.74 bits per heavy atom. The number of rotatable bonds is 2. The second kappa shape index (κ2) is 7.00. The summed E-state index contributed by atoms with van der Waals surface area (Å²) in [5, 5.41) is 5.90. The minimum Gasteiger partial charge on any atom is -0.357 e. The van der Waals surface area contributed by atoms with E-state index < -0.39 is 5.82 Å². The van der Waals surface area contributed by atoms with E-state index in [0.29, 0.717) is 54.9 Å². The van der Waals surface area contributed by atoms with Gasteiger partial charge in [0, 0.05) is 49.4 Å². The summed E-state index contributed by atoms with van der Waals surface area (Å²) >= 11 is 6.11. The van der Waals surface area contributed by atoms with E-state index in [2.05, 4.69) is 30.6 Å². The number of carbonyl (C=O) groups is 2. The molecule has 0 bridgehead atoms. The average molecular weight is 494 g/mol. The van der Waals surface area contributed by atoms with Crippen molar-refractivity contribution in [1.82, 2.24) is 30.2 Å². The SMILES string of the molecule is CN1CCc2nc(Cl)nc(Nc3ncc4c(c3F)-c3[nH]c5c(c3CC4)C(=O)NCC53CC3)c2C1=O. The summed E-state index contributed by atoms with van der Waals surface area (Å²) in [6, 6.07) is 0. The zero-order chi connectivity index (χ0) is 24.1. The molecule has 0 unspecified atom stereocenters. The van der Waals surface area contributed by atoms with Crippen molar-refractivity contribution in [2.24, 2.45) is 0 Å². The minimum absolute atomic E-state index is 0.0259. The molecule has 35 heavy (non-hydrogen) atoms. The quantitative estimate of drug-likeness (QED) is 0.473. The van der Waals surface area contributed by atoms with Gasteiger partial charge in [0.05, 0.1) is 17.0 Å². The first-order chi connectivity index (χ1) is 16.9. The second-order valence-electron chi connectivity index (χ2n) is 9.78. The lowest BCUT2D eigenvalue weighted by molar-refractivity contribution is 0.0779. The molecule has 7 rings (SSSR count). The van der Waals surface area contributed by atoms with Gasteiger partial charge in [0.15, 0.2) is 11.6 Å². The highest BCUT2D eigenvalue weighted by atomic mass is 35.5. The van der Waals surface area contributed by atoms with Crippen molar-refractivity contribution in [3.8, 4) is 11.3 Å². The zero-order valence-electron chi connectivity index (χ0n) is 18.9. The molecule has 0 atom stereocenters. The molecule has 0 saturated heterocycles. The number of aryl methyl sites for hydroxylation is 1. The van der Waals surface area contributed by atoms with Gasteiger partial charge in [0.1, 0.15) is 11.4 Å². The Kier molecular flexibility index (Phi) is 4.16. The van der Waals surface area contributed by atoms with Crippen LogP contribution in [0.5, 0.6) is 0 Å². The second-order valence-corrected chi connectivity index (χ2v) is 10.1. The number of aromatic amines is 1. The molecule has 5 heterocycles. The van der Waals surface area contributed by atoms with Crippen LogP contribution in [0.4, 0.5) is 16.0 Å². The van der Waals surface area contributed by atoms with Crippen LogP contribution >= 0.6 is 11.6 Å². The van der Waals surface area contributed by atoms with Gasteiger partial charge >= 0.3 is 0 Å². The Bertz CT molecular complexity index is 1480. The van der Waals surface area contributed by atoms with Crippen molar-refractivity contribution in [3.05, 3.63) is 50.9 Å². The van der Waals surface area contributed by atoms with Gasteiger partial charge in [0.2, 0.25) is 5.28 Å². The molecule has 0 aromatic carbocycles. The Labute approximate surface area is 204 Å². The number of pyridine rings is 1. The number of hydrogen-bond acceptors (Lipinski definition) is 6. The fourth-order valence-electron chi connectivity index (χ4n) is 5.64. The molecule has 3 aromatic heterocycles. The number of H-pyrrole nitrogens is 1. The van der Waals surface area contributed by atoms with E-state index in [1.54, 1.807) is 18.1 Å². The number of hydrogen-bond donors (Lipinski definition) is 3. The van der Waals surface area contributed by atoms with Gasteiger partial charge < -0.3 is 20.5 Å². The van der Waals surface area contributed by atoms with Gasteiger partial charge in [-0.05, 0) is 48.4 Å². The molecule has 3 N–H and O–H groups in total. The zero-order valence-corrected chi connectivity index (χ0v) is 19.6. The molecule has 0 radical (unpaired) electrons. The minimum atomic E-state index is -0.563. The Balaban J connectivity index is 1.35. The van der Waals surface area contributed by atoms with Gasteiger partial charge in [-0.3, -0.25) is 9.59 Å². The number of likely N-dealkylation sites (N-methyl/N-ethyl adjacent to an activating group) is 1. The van der Waals surface area contributed by atoms with Crippen molar-refractivity contribution in [2.75, 3.05) is 25.5 Å². The molecule has 9 nitrogen and oxygen atoms in total. The van der Waals surface area contributed by atoms with E-state index in [0.717, 1.165) is 29.7 Å². The van der Waals surface area contributed by atoms with E-state index >= 15 is 4.39 Å². The predicted octanol–water partition coefficient (Wildman–Crippen LogP) is 2.90. The number of amides is 2. The molecular weight excluding hydrogens is 473 g/mol. The van der Waals surface area contributed by atoms with Crippen LogP contribution in [-0.2, 0) is 24.7 Å². The topological polar surface area (TPSA) is 116 Å². The Morgan fingerprint density at radius 2 is 1.94 bits per heavy atom. The summed E-state index contributed by atoms with van der Waals surface area (Å²) in [6.07, 6.45) is 5.38. The van der Waals surface area contributed by atoms with E-state index in [1.807, 2.05) is 0 Å². The summed E-state index contributed by atoms with van der Waals surface area (Å²) < 4.78 is 16.1. The lowest BCUT2D eigenvalue weighted by Crippen LogP contribution is -2.39. The highest BCUT2D eigenvalue weighted by Gasteiger charge is 2.52. The molecule has 2 aliphatic heterocycles. The summed E-state index contributed by atoms with van der Waals surface area (Å²) in [5.41, 5.74) is 4.99. The van der Waals surface area contributed by atoms with Crippen LogP contribution in [-0.4, -0.2) is 56.8 Å². The van der Waals surface area contributed by atoms with Crippen molar-refractivity contribution >= 4 is 35.1 Å². The number of aromatic nitrogens is 4. The summed E-state index contributed by atoms with van der Waals surface area (Å²) in [5.74, 6) is -0.860. The normalized spacial score (nSPS) is 19.0. The highest BCUT2D eigenvalue weighted by Crippen LogP contribution is 2.53.